The summed E-state index contributed by atoms with van der Waals surface area (Å²) in [4.78, 5) is 3.81. The molecule has 1 aromatic rings. The average Bonchev–Trinajstić information content (AvgIpc) is 2.31. The number of aromatic amines is 1. The monoisotopic (exact) mass is 137 g/mol. The zero-order chi connectivity index (χ0) is 7.40. The zero-order valence-corrected chi connectivity index (χ0v) is 5.33. The fourth-order valence-electron chi connectivity index (χ4n) is 0.596. The molecule has 0 spiro atoms. The number of aromatic nitrogens is 3. The van der Waals surface area contributed by atoms with E-state index in [4.69, 9.17) is 11.0 Å². The molecule has 10 heavy (non-hydrogen) atoms. The predicted octanol–water partition coefficient (Wildman–Crippen LogP) is -0.157. The fourth-order valence-corrected chi connectivity index (χ4v) is 0.596. The highest BCUT2D eigenvalue weighted by molar-refractivity contribution is 5.12. The third-order valence-corrected chi connectivity index (χ3v) is 1.02. The van der Waals surface area contributed by atoms with E-state index in [1.807, 2.05) is 6.07 Å². The number of rotatable bonds is 2. The van der Waals surface area contributed by atoms with Crippen molar-refractivity contribution in [1.82, 2.24) is 15.2 Å². The van der Waals surface area contributed by atoms with Crippen LogP contribution < -0.4 is 5.73 Å². The van der Waals surface area contributed by atoms with Gasteiger partial charge in [-0.05, 0) is 0 Å². The Labute approximate surface area is 57.9 Å². The van der Waals surface area contributed by atoms with Gasteiger partial charge in [0.05, 0.1) is 6.07 Å². The van der Waals surface area contributed by atoms with E-state index in [2.05, 4.69) is 15.2 Å². The van der Waals surface area contributed by atoms with Gasteiger partial charge < -0.3 is 5.73 Å². The molecule has 0 bridgehead atoms. The summed E-state index contributed by atoms with van der Waals surface area (Å²) in [5.41, 5.74) is 5.21. The minimum absolute atomic E-state index is 0.230. The first-order chi connectivity index (χ1) is 4.83. The Bertz CT molecular complexity index is 245. The first kappa shape index (κ1) is 6.55. The standard InChI is InChI=1S/C5H7N5/c6-3-1-2-4-8-5(7)10-9-4/h1-2H2,(H3,7,8,9,10). The molecule has 1 rings (SSSR count). The molecule has 0 fully saturated rings. The summed E-state index contributed by atoms with van der Waals surface area (Å²) < 4.78 is 0. The molecule has 5 heteroatoms. The van der Waals surface area contributed by atoms with Gasteiger partial charge in [-0.1, -0.05) is 0 Å². The van der Waals surface area contributed by atoms with Crippen LogP contribution in [0.15, 0.2) is 0 Å². The van der Waals surface area contributed by atoms with Crippen molar-refractivity contribution in [3.05, 3.63) is 5.82 Å². The van der Waals surface area contributed by atoms with Crippen LogP contribution in [-0.2, 0) is 6.42 Å². The van der Waals surface area contributed by atoms with Gasteiger partial charge in [-0.2, -0.15) is 10.2 Å². The number of aryl methyl sites for hydroxylation is 1. The predicted molar refractivity (Wildman–Crippen MR) is 34.7 cm³/mol. The van der Waals surface area contributed by atoms with Crippen LogP contribution in [0.5, 0.6) is 0 Å². The third kappa shape index (κ3) is 1.45. The highest BCUT2D eigenvalue weighted by Gasteiger charge is 1.96. The van der Waals surface area contributed by atoms with Crippen LogP contribution in [0, 0.1) is 11.3 Å². The maximum Gasteiger partial charge on any atom is 0.239 e. The molecule has 0 saturated heterocycles. The number of hydrogen-bond donors (Lipinski definition) is 2. The van der Waals surface area contributed by atoms with Crippen molar-refractivity contribution in [1.29, 1.82) is 5.26 Å². The van der Waals surface area contributed by atoms with Gasteiger partial charge in [0, 0.05) is 12.8 Å². The molecule has 0 amide bonds. The summed E-state index contributed by atoms with van der Waals surface area (Å²) in [5.74, 6) is 0.895. The number of H-pyrrole nitrogens is 1. The van der Waals surface area contributed by atoms with Crippen molar-refractivity contribution >= 4 is 5.95 Å². The Balaban J connectivity index is 2.52. The second kappa shape index (κ2) is 2.82. The number of nitrogen functional groups attached to an aromatic ring is 1. The lowest BCUT2D eigenvalue weighted by Gasteiger charge is -1.83. The van der Waals surface area contributed by atoms with Gasteiger partial charge in [-0.3, -0.25) is 5.10 Å². The lowest BCUT2D eigenvalue weighted by Crippen LogP contribution is -1.87. The van der Waals surface area contributed by atoms with Crippen LogP contribution in [0.2, 0.25) is 0 Å². The minimum atomic E-state index is 0.230. The molecular weight excluding hydrogens is 130 g/mol. The van der Waals surface area contributed by atoms with E-state index in [1.165, 1.54) is 0 Å². The van der Waals surface area contributed by atoms with E-state index < -0.39 is 0 Å². The summed E-state index contributed by atoms with van der Waals surface area (Å²) in [6.07, 6.45) is 1.02. The number of nitrogens with zero attached hydrogens (tertiary/aromatic N) is 3. The van der Waals surface area contributed by atoms with Crippen LogP contribution >= 0.6 is 0 Å². The Hall–Kier alpha value is -1.57. The second-order valence-corrected chi connectivity index (χ2v) is 1.80. The molecule has 0 atom stereocenters. The third-order valence-electron chi connectivity index (χ3n) is 1.02. The lowest BCUT2D eigenvalue weighted by molar-refractivity contribution is 0.892. The van der Waals surface area contributed by atoms with Gasteiger partial charge in [0.15, 0.2) is 0 Å². The molecule has 1 aromatic heterocycles. The largest absolute Gasteiger partial charge is 0.367 e. The summed E-state index contributed by atoms with van der Waals surface area (Å²) in [5, 5.41) is 14.4. The molecule has 0 aliphatic rings. The molecule has 0 aliphatic carbocycles. The van der Waals surface area contributed by atoms with Gasteiger partial charge in [-0.15, -0.1) is 5.10 Å². The van der Waals surface area contributed by atoms with E-state index in [0.29, 0.717) is 18.7 Å². The highest BCUT2D eigenvalue weighted by Crippen LogP contribution is 1.95. The van der Waals surface area contributed by atoms with Crippen molar-refractivity contribution in [2.24, 2.45) is 0 Å². The number of nitrogens with two attached hydrogens (primary N) is 1. The van der Waals surface area contributed by atoms with Crippen LogP contribution in [0.3, 0.4) is 0 Å². The Morgan fingerprint density at radius 1 is 1.70 bits per heavy atom. The summed E-state index contributed by atoms with van der Waals surface area (Å²) >= 11 is 0. The maximum absolute atomic E-state index is 8.19. The molecule has 0 aliphatic heterocycles. The van der Waals surface area contributed by atoms with Crippen LogP contribution in [0.1, 0.15) is 12.2 Å². The number of anilines is 1. The second-order valence-electron chi connectivity index (χ2n) is 1.80. The molecule has 52 valence electrons. The number of hydrogen-bond acceptors (Lipinski definition) is 4. The first-order valence-electron chi connectivity index (χ1n) is 2.86. The van der Waals surface area contributed by atoms with Crippen molar-refractivity contribution in [3.63, 3.8) is 0 Å². The Morgan fingerprint density at radius 2 is 2.50 bits per heavy atom. The SMILES string of the molecule is N#CCCc1nc(N)n[nH]1. The van der Waals surface area contributed by atoms with Gasteiger partial charge in [0.1, 0.15) is 5.82 Å². The Kier molecular flexibility index (Phi) is 1.85. The molecule has 0 radical (unpaired) electrons. The molecule has 0 unspecified atom stereocenters. The van der Waals surface area contributed by atoms with Gasteiger partial charge >= 0.3 is 0 Å². The van der Waals surface area contributed by atoms with Crippen LogP contribution in [0.25, 0.3) is 0 Å². The van der Waals surface area contributed by atoms with E-state index >= 15 is 0 Å². The molecule has 3 N–H and O–H groups in total. The lowest BCUT2D eigenvalue weighted by atomic mass is 10.3. The van der Waals surface area contributed by atoms with E-state index in [1.54, 1.807) is 0 Å². The van der Waals surface area contributed by atoms with Gasteiger partial charge in [0.2, 0.25) is 5.95 Å². The summed E-state index contributed by atoms with van der Waals surface area (Å²) in [6.45, 7) is 0. The average molecular weight is 137 g/mol. The molecule has 0 saturated carbocycles. The highest BCUT2D eigenvalue weighted by atomic mass is 15.3. The van der Waals surface area contributed by atoms with Gasteiger partial charge in [-0.25, -0.2) is 0 Å². The van der Waals surface area contributed by atoms with E-state index in [9.17, 15) is 0 Å². The minimum Gasteiger partial charge on any atom is -0.367 e. The smallest absolute Gasteiger partial charge is 0.239 e. The Morgan fingerprint density at radius 3 is 3.00 bits per heavy atom. The van der Waals surface area contributed by atoms with Crippen molar-refractivity contribution in [2.45, 2.75) is 12.8 Å². The van der Waals surface area contributed by atoms with Crippen molar-refractivity contribution in [3.8, 4) is 6.07 Å². The van der Waals surface area contributed by atoms with E-state index in [0.717, 1.165) is 0 Å². The van der Waals surface area contributed by atoms with Crippen LogP contribution in [-0.4, -0.2) is 15.2 Å². The number of nitrogens with one attached hydrogen (secondary N) is 1. The van der Waals surface area contributed by atoms with E-state index in [-0.39, 0.29) is 5.95 Å². The number of nitriles is 1. The maximum atomic E-state index is 8.19. The van der Waals surface area contributed by atoms with Gasteiger partial charge in [0.25, 0.3) is 0 Å². The first-order valence-corrected chi connectivity index (χ1v) is 2.86. The fraction of sp³-hybridized carbons (Fsp3) is 0.400. The summed E-state index contributed by atoms with van der Waals surface area (Å²) in [7, 11) is 0. The van der Waals surface area contributed by atoms with Crippen molar-refractivity contribution in [2.75, 3.05) is 5.73 Å². The summed E-state index contributed by atoms with van der Waals surface area (Å²) in [6, 6.07) is 2.00. The van der Waals surface area contributed by atoms with Crippen molar-refractivity contribution < 1.29 is 0 Å². The molecular formula is C5H7N5. The molecule has 5 nitrogen and oxygen atoms in total. The molecule has 1 heterocycles. The normalized spacial score (nSPS) is 9.10. The van der Waals surface area contributed by atoms with Crippen LogP contribution in [0.4, 0.5) is 5.95 Å². The molecule has 0 aromatic carbocycles. The quantitative estimate of drug-likeness (QED) is 0.592. The zero-order valence-electron chi connectivity index (χ0n) is 5.33. The topological polar surface area (TPSA) is 91.4 Å².